The number of unbranched alkanes of at least 4 members (excludes halogenated alkanes) is 3. The third-order valence-corrected chi connectivity index (χ3v) is 9.44. The van der Waals surface area contributed by atoms with Crippen molar-refractivity contribution in [3.05, 3.63) is 56.9 Å². The summed E-state index contributed by atoms with van der Waals surface area (Å²) in [5.74, 6) is -0.273. The first kappa shape index (κ1) is 32.1. The number of rotatable bonds is 10. The van der Waals surface area contributed by atoms with Crippen LogP contribution in [0.3, 0.4) is 0 Å². The molecule has 3 aromatic rings. The number of carbonyl (C=O) groups is 2. The van der Waals surface area contributed by atoms with Crippen molar-refractivity contribution >= 4 is 23.0 Å². The Balaban J connectivity index is 1.25. The Hall–Kier alpha value is -3.84. The first-order valence-corrected chi connectivity index (χ1v) is 16.2. The van der Waals surface area contributed by atoms with Crippen LogP contribution in [0.2, 0.25) is 0 Å². The van der Waals surface area contributed by atoms with Gasteiger partial charge in [0.2, 0.25) is 0 Å². The lowest BCUT2D eigenvalue weighted by Gasteiger charge is -2.34. The number of amides is 1. The van der Waals surface area contributed by atoms with Gasteiger partial charge in [-0.15, -0.1) is 0 Å². The number of nitrogens with zero attached hydrogens (tertiary/aromatic N) is 5. The Morgan fingerprint density at radius 3 is 2.57 bits per heavy atom. The van der Waals surface area contributed by atoms with Crippen LogP contribution in [-0.2, 0) is 34.8 Å². The molecule has 12 heteroatoms. The highest BCUT2D eigenvalue weighted by molar-refractivity contribution is 5.90. The zero-order chi connectivity index (χ0) is 32.6. The van der Waals surface area contributed by atoms with Crippen LogP contribution in [0.15, 0.2) is 29.1 Å². The molecule has 0 radical (unpaired) electrons. The Morgan fingerprint density at radius 1 is 1.09 bits per heavy atom. The second kappa shape index (κ2) is 13.1. The molecule has 12 nitrogen and oxygen atoms in total. The van der Waals surface area contributed by atoms with Gasteiger partial charge in [-0.05, 0) is 64.2 Å². The molecule has 1 fully saturated rings. The number of hydrogen-bond donors (Lipinski definition) is 2. The number of carbonyl (C=O) groups excluding carboxylic acids is 2. The first-order chi connectivity index (χ1) is 22.1. The monoisotopic (exact) mass is 633 g/mol. The highest BCUT2D eigenvalue weighted by atomic mass is 16.6. The van der Waals surface area contributed by atoms with E-state index >= 15 is 0 Å². The minimum atomic E-state index is -1.88. The van der Waals surface area contributed by atoms with E-state index in [1.54, 1.807) is 28.5 Å². The van der Waals surface area contributed by atoms with Crippen molar-refractivity contribution < 1.29 is 29.3 Å². The predicted molar refractivity (Wildman–Crippen MR) is 172 cm³/mol. The summed E-state index contributed by atoms with van der Waals surface area (Å²) >= 11 is 0. The fourth-order valence-corrected chi connectivity index (χ4v) is 6.78. The molecule has 0 aliphatic carbocycles. The lowest BCUT2D eigenvalue weighted by molar-refractivity contribution is -0.172. The number of aliphatic hydroxyl groups is 2. The maximum absolute atomic E-state index is 13.6. The molecule has 0 saturated carbocycles. The summed E-state index contributed by atoms with van der Waals surface area (Å²) in [4.78, 5) is 50.5. The number of aliphatic hydroxyl groups excluding tert-OH is 1. The molecule has 1 amide bonds. The second-order valence-corrected chi connectivity index (χ2v) is 12.8. The van der Waals surface area contributed by atoms with E-state index in [0.29, 0.717) is 42.3 Å². The van der Waals surface area contributed by atoms with Crippen LogP contribution in [0.1, 0.15) is 61.3 Å². The zero-order valence-electron chi connectivity index (χ0n) is 26.9. The van der Waals surface area contributed by atoms with Crippen molar-refractivity contribution in [1.82, 2.24) is 24.3 Å². The average molecular weight is 634 g/mol. The van der Waals surface area contributed by atoms with Gasteiger partial charge in [0.1, 0.15) is 12.4 Å². The Kier molecular flexibility index (Phi) is 9.15. The molecular formula is C34H43N5O7. The fourth-order valence-electron chi connectivity index (χ4n) is 6.78. The summed E-state index contributed by atoms with van der Waals surface area (Å²) in [6.45, 7) is 6.33. The van der Waals surface area contributed by atoms with Crippen LogP contribution in [0.4, 0.5) is 4.79 Å². The summed E-state index contributed by atoms with van der Waals surface area (Å²) in [5.41, 5.74) is 1.90. The second-order valence-electron chi connectivity index (χ2n) is 12.8. The number of cyclic esters (lactones) is 1. The van der Waals surface area contributed by atoms with Crippen molar-refractivity contribution in [2.24, 2.45) is 0 Å². The van der Waals surface area contributed by atoms with Gasteiger partial charge in [0, 0.05) is 61.4 Å². The van der Waals surface area contributed by atoms with E-state index < -0.39 is 11.6 Å². The molecule has 6 rings (SSSR count). The van der Waals surface area contributed by atoms with E-state index in [2.05, 4.69) is 4.90 Å². The van der Waals surface area contributed by atoms with Gasteiger partial charge in [-0.1, -0.05) is 19.8 Å². The van der Waals surface area contributed by atoms with E-state index in [9.17, 15) is 19.5 Å². The number of benzene rings is 1. The highest BCUT2D eigenvalue weighted by Crippen LogP contribution is 2.40. The maximum atomic E-state index is 13.6. The van der Waals surface area contributed by atoms with Crippen LogP contribution in [0.5, 0.6) is 5.75 Å². The number of esters is 1. The number of ether oxygens (including phenoxy) is 2. The average Bonchev–Trinajstić information content (AvgIpc) is 3.41. The number of hydrogen-bond acceptors (Lipinski definition) is 10. The molecule has 1 saturated heterocycles. The van der Waals surface area contributed by atoms with Crippen molar-refractivity contribution in [2.45, 2.75) is 64.3 Å². The van der Waals surface area contributed by atoms with E-state index in [1.165, 1.54) is 0 Å². The molecule has 246 valence electrons. The SMILES string of the molecule is CC[C@@]1(O)C(=O)OCc2c1cc1n(c2=O)Cc2cc3c(CN(C)C)c(OC(=O)N4CCN(CCCCCCO)CC4)ccc3nc2-1. The predicted octanol–water partition coefficient (Wildman–Crippen LogP) is 2.81. The molecule has 0 unspecified atom stereocenters. The number of pyridine rings is 2. The molecule has 1 atom stereocenters. The molecule has 5 heterocycles. The number of aromatic nitrogens is 2. The standard InChI is InChI=1S/C34H43N5O7/c1-4-34(44)26-18-28-30-22(19-39(28)31(41)25(26)21-45-32(34)42)17-23-24(20-36(2)3)29(10-9-27(23)35-30)46-33(43)38-14-12-37(13-15-38)11-7-5-6-8-16-40/h9-10,17-18,40,44H,4-8,11-16,19-21H2,1-3H3/t34-/m0/s1. The molecular weight excluding hydrogens is 590 g/mol. The zero-order valence-corrected chi connectivity index (χ0v) is 26.9. The molecule has 46 heavy (non-hydrogen) atoms. The summed E-state index contributed by atoms with van der Waals surface area (Å²) in [6, 6.07) is 7.32. The van der Waals surface area contributed by atoms with E-state index in [1.807, 2.05) is 31.1 Å². The van der Waals surface area contributed by atoms with Crippen molar-refractivity contribution in [3.8, 4) is 17.1 Å². The number of fused-ring (bicyclic) bond motifs is 5. The molecule has 0 bridgehead atoms. The van der Waals surface area contributed by atoms with E-state index in [-0.39, 0.29) is 49.0 Å². The Morgan fingerprint density at radius 2 is 1.85 bits per heavy atom. The molecule has 0 spiro atoms. The summed E-state index contributed by atoms with van der Waals surface area (Å²) in [5, 5.41) is 21.0. The van der Waals surface area contributed by atoms with Crippen molar-refractivity contribution in [3.63, 3.8) is 0 Å². The topological polar surface area (TPSA) is 138 Å². The first-order valence-electron chi connectivity index (χ1n) is 16.2. The van der Waals surface area contributed by atoms with Gasteiger partial charge in [-0.25, -0.2) is 14.6 Å². The van der Waals surface area contributed by atoms with Crippen LogP contribution in [0, 0.1) is 0 Å². The van der Waals surface area contributed by atoms with Gasteiger partial charge in [-0.2, -0.15) is 0 Å². The number of piperazine rings is 1. The largest absolute Gasteiger partial charge is 0.458 e. The minimum Gasteiger partial charge on any atom is -0.458 e. The van der Waals surface area contributed by atoms with E-state index in [4.69, 9.17) is 19.6 Å². The third kappa shape index (κ3) is 5.90. The summed E-state index contributed by atoms with van der Waals surface area (Å²) < 4.78 is 12.8. The van der Waals surface area contributed by atoms with Crippen LogP contribution in [-0.4, -0.2) is 100.0 Å². The summed E-state index contributed by atoms with van der Waals surface area (Å²) in [7, 11) is 3.90. The van der Waals surface area contributed by atoms with Crippen molar-refractivity contribution in [1.29, 1.82) is 0 Å². The Bertz CT molecular complexity index is 1710. The normalized spacial score (nSPS) is 19.3. The highest BCUT2D eigenvalue weighted by Gasteiger charge is 2.45. The molecule has 3 aliphatic rings. The van der Waals surface area contributed by atoms with Crippen LogP contribution in [0.25, 0.3) is 22.3 Å². The minimum absolute atomic E-state index is 0.0803. The molecule has 2 aromatic heterocycles. The third-order valence-electron chi connectivity index (χ3n) is 9.44. The van der Waals surface area contributed by atoms with Crippen LogP contribution < -0.4 is 10.3 Å². The van der Waals surface area contributed by atoms with Gasteiger partial charge in [0.05, 0.1) is 29.0 Å². The van der Waals surface area contributed by atoms with Gasteiger partial charge in [0.25, 0.3) is 5.56 Å². The molecule has 2 N–H and O–H groups in total. The summed E-state index contributed by atoms with van der Waals surface area (Å²) in [6.07, 6.45) is 3.78. The molecule has 3 aliphatic heterocycles. The van der Waals surface area contributed by atoms with Crippen LogP contribution >= 0.6 is 0 Å². The lowest BCUT2D eigenvalue weighted by Crippen LogP contribution is -2.49. The van der Waals surface area contributed by atoms with E-state index in [0.717, 1.165) is 61.8 Å². The lowest BCUT2D eigenvalue weighted by atomic mass is 9.86. The fraction of sp³-hybridized carbons (Fsp3) is 0.529. The quantitative estimate of drug-likeness (QED) is 0.198. The smallest absolute Gasteiger partial charge is 0.415 e. The maximum Gasteiger partial charge on any atom is 0.415 e. The van der Waals surface area contributed by atoms with Gasteiger partial charge >= 0.3 is 12.1 Å². The Labute approximate surface area is 268 Å². The van der Waals surface area contributed by atoms with Gasteiger partial charge in [0.15, 0.2) is 5.60 Å². The molecule has 1 aromatic carbocycles. The van der Waals surface area contributed by atoms with Crippen molar-refractivity contribution in [2.75, 3.05) is 53.4 Å². The van der Waals surface area contributed by atoms with Gasteiger partial charge < -0.3 is 34.1 Å². The van der Waals surface area contributed by atoms with Gasteiger partial charge in [-0.3, -0.25) is 9.69 Å².